The number of hydrogen-bond acceptors (Lipinski definition) is 17. The Morgan fingerprint density at radius 1 is 0.722 bits per heavy atom. The van der Waals surface area contributed by atoms with Crippen LogP contribution < -0.4 is 0 Å². The van der Waals surface area contributed by atoms with Crippen LogP contribution in [0.3, 0.4) is 0 Å². The van der Waals surface area contributed by atoms with E-state index in [1.54, 1.807) is 0 Å². The van der Waals surface area contributed by atoms with Gasteiger partial charge < -0.3 is 85.4 Å². The van der Waals surface area contributed by atoms with Gasteiger partial charge in [0.05, 0.1) is 19.8 Å². The fraction of sp³-hybridized carbons (Fsp3) is 0.944. The van der Waals surface area contributed by atoms with Crippen LogP contribution in [0, 0.1) is 0 Å². The van der Waals surface area contributed by atoms with E-state index < -0.39 is 106 Å². The van der Waals surface area contributed by atoms with Crippen LogP contribution in [0.25, 0.3) is 0 Å². The van der Waals surface area contributed by atoms with E-state index in [1.807, 2.05) is 0 Å². The molecule has 0 bridgehead atoms. The number of carbonyl (C=O) groups is 1. The first kappa shape index (κ1) is 35.5. The van der Waals surface area contributed by atoms with Crippen LogP contribution in [0.15, 0.2) is 0 Å². The minimum absolute atomic E-state index is 0. The zero-order valence-electron chi connectivity index (χ0n) is 18.6. The Morgan fingerprint density at radius 2 is 1.28 bits per heavy atom. The van der Waals surface area contributed by atoms with Gasteiger partial charge in [-0.05, 0) is 0 Å². The molecule has 14 atom stereocenters. The first-order valence-electron chi connectivity index (χ1n) is 10.4. The third-order valence-corrected chi connectivity index (χ3v) is 5.40. The van der Waals surface area contributed by atoms with E-state index in [0.29, 0.717) is 0 Å². The average Bonchev–Trinajstić information content (AvgIpc) is 2.87. The zero-order chi connectivity index (χ0) is 27.0. The quantitative estimate of drug-likeness (QED) is 0.0892. The Balaban J connectivity index is 0.000000807. The Bertz CT molecular complexity index is 614. The summed E-state index contributed by atoms with van der Waals surface area (Å²) in [5.74, 6) is 0. The summed E-state index contributed by atoms with van der Waals surface area (Å²) in [5, 5.41) is 120. The number of rotatable bonds is 9. The van der Waals surface area contributed by atoms with E-state index in [2.05, 4.69) is 0 Å². The molecule has 2 saturated heterocycles. The van der Waals surface area contributed by atoms with Crippen molar-refractivity contribution in [3.05, 3.63) is 0 Å². The Hall–Kier alpha value is -0.451. The summed E-state index contributed by atoms with van der Waals surface area (Å²) in [4.78, 5) is 9.90. The second-order valence-corrected chi connectivity index (χ2v) is 7.88. The fourth-order valence-corrected chi connectivity index (χ4v) is 3.19. The summed E-state index contributed by atoms with van der Waals surface area (Å²) < 4.78 is 15.3. The minimum Gasteiger partial charge on any atom is -0.394 e. The topological polar surface area (TPSA) is 308 Å². The van der Waals surface area contributed by atoms with E-state index in [0.717, 1.165) is 0 Å². The largest absolute Gasteiger partial charge is 0.394 e. The molecule has 0 aromatic carbocycles. The van der Waals surface area contributed by atoms with Crippen molar-refractivity contribution in [3.63, 3.8) is 0 Å². The van der Waals surface area contributed by atoms with Crippen molar-refractivity contribution < 1.29 is 102 Å². The van der Waals surface area contributed by atoms with Crippen LogP contribution in [0.2, 0.25) is 0 Å². The molecule has 0 amide bonds. The average molecular weight is 578 g/mol. The van der Waals surface area contributed by atoms with E-state index in [9.17, 15) is 40.5 Å². The molecular formula is C18H34FeO17. The summed E-state index contributed by atoms with van der Waals surface area (Å²) in [7, 11) is 0. The van der Waals surface area contributed by atoms with Gasteiger partial charge in [-0.3, -0.25) is 0 Å². The van der Waals surface area contributed by atoms with Crippen molar-refractivity contribution in [1.82, 2.24) is 0 Å². The van der Waals surface area contributed by atoms with Gasteiger partial charge in [-0.2, -0.15) is 0 Å². The van der Waals surface area contributed by atoms with E-state index in [1.165, 1.54) is 0 Å². The first-order valence-corrected chi connectivity index (χ1v) is 10.4. The number of ether oxygens (including phenoxy) is 3. The molecule has 1 unspecified atom stereocenters. The van der Waals surface area contributed by atoms with Gasteiger partial charge >= 0.3 is 0 Å². The van der Waals surface area contributed by atoms with Crippen molar-refractivity contribution in [1.29, 1.82) is 0 Å². The standard InChI is InChI=1S/C12H22O11.C6H12O6.Fe/c13-1-3-5(15)6(16)9(19)12(22-3)23-10-4(2-14)21-11(20)8(18)7(10)17;7-1-3(9)5(11)6(12)4(10)2-8;/h3-20H,1-2H2;1,3-6,8-12H,2H2;/t3-,4-,5+,6+,7-,8-,9-,10-,11?,12+;3-,4+,5+,6+;/m10./s1. The molecule has 18 heteroatoms. The molecule has 0 aliphatic carbocycles. The third kappa shape index (κ3) is 8.80. The third-order valence-electron chi connectivity index (χ3n) is 5.40. The molecule has 0 spiro atoms. The molecule has 0 aromatic rings. The number of aldehydes is 1. The van der Waals surface area contributed by atoms with E-state index in [4.69, 9.17) is 44.8 Å². The number of aliphatic hydroxyl groups excluding tert-OH is 13. The van der Waals surface area contributed by atoms with Crippen molar-refractivity contribution in [2.45, 2.75) is 85.8 Å². The van der Waals surface area contributed by atoms with Crippen LogP contribution in [-0.4, -0.2) is 178 Å². The molecule has 2 rings (SSSR count). The van der Waals surface area contributed by atoms with Gasteiger partial charge in [0.2, 0.25) is 0 Å². The second kappa shape index (κ2) is 16.5. The van der Waals surface area contributed by atoms with Crippen LogP contribution in [0.1, 0.15) is 0 Å². The first-order chi connectivity index (χ1) is 16.4. The molecule has 2 fully saturated rings. The SMILES string of the molecule is O=C[C@H](O)[C@@H](O)[C@H](O)[C@H](O)CO.OC[C@H]1O[C@@H](O[C@H]2[C@H](O)[C@@H](O)C(O)O[C@@H]2CO)[C@H](O)[C@@H](O)[C@H]1O.[Fe]. The molecule has 0 radical (unpaired) electrons. The Labute approximate surface area is 214 Å². The van der Waals surface area contributed by atoms with Gasteiger partial charge in [0.25, 0.3) is 0 Å². The van der Waals surface area contributed by atoms with Crippen molar-refractivity contribution in [2.24, 2.45) is 0 Å². The molecule has 17 nitrogen and oxygen atoms in total. The molecular weight excluding hydrogens is 544 g/mol. The number of hydrogen-bond donors (Lipinski definition) is 13. The predicted molar refractivity (Wildman–Crippen MR) is 106 cm³/mol. The summed E-state index contributed by atoms with van der Waals surface area (Å²) >= 11 is 0. The van der Waals surface area contributed by atoms with E-state index in [-0.39, 0.29) is 23.4 Å². The van der Waals surface area contributed by atoms with Crippen LogP contribution in [-0.2, 0) is 36.1 Å². The molecule has 0 saturated carbocycles. The summed E-state index contributed by atoms with van der Waals surface area (Å²) in [6.45, 7) is -2.11. The molecule has 0 aromatic heterocycles. The number of aliphatic hydroxyl groups is 13. The second-order valence-electron chi connectivity index (χ2n) is 7.88. The van der Waals surface area contributed by atoms with Crippen LogP contribution >= 0.6 is 0 Å². The summed E-state index contributed by atoms with van der Waals surface area (Å²) in [6, 6.07) is 0. The zero-order valence-corrected chi connectivity index (χ0v) is 19.7. The van der Waals surface area contributed by atoms with Gasteiger partial charge in [-0.25, -0.2) is 0 Å². The maximum atomic E-state index is 9.94. The molecule has 2 aliphatic rings. The number of carbonyl (C=O) groups excluding carboxylic acids is 1. The summed E-state index contributed by atoms with van der Waals surface area (Å²) in [5.41, 5.74) is 0. The minimum atomic E-state index is -1.79. The smallest absolute Gasteiger partial charge is 0.187 e. The molecule has 36 heavy (non-hydrogen) atoms. The Morgan fingerprint density at radius 3 is 1.75 bits per heavy atom. The van der Waals surface area contributed by atoms with Gasteiger partial charge in [-0.1, -0.05) is 0 Å². The van der Waals surface area contributed by atoms with Crippen LogP contribution in [0.4, 0.5) is 0 Å². The Kier molecular flexibility index (Phi) is 16.3. The fourth-order valence-electron chi connectivity index (χ4n) is 3.19. The van der Waals surface area contributed by atoms with Crippen molar-refractivity contribution in [3.8, 4) is 0 Å². The molecule has 2 heterocycles. The molecule has 216 valence electrons. The van der Waals surface area contributed by atoms with Gasteiger partial charge in [-0.15, -0.1) is 0 Å². The maximum Gasteiger partial charge on any atom is 0.187 e. The van der Waals surface area contributed by atoms with Gasteiger partial charge in [0.15, 0.2) is 18.9 Å². The van der Waals surface area contributed by atoms with E-state index >= 15 is 0 Å². The summed E-state index contributed by atoms with van der Waals surface area (Å²) in [6.07, 6.45) is -22.4. The van der Waals surface area contributed by atoms with Gasteiger partial charge in [0.1, 0.15) is 73.2 Å². The molecule has 2 aliphatic heterocycles. The van der Waals surface area contributed by atoms with Crippen LogP contribution in [0.5, 0.6) is 0 Å². The van der Waals surface area contributed by atoms with Gasteiger partial charge in [0, 0.05) is 17.1 Å². The predicted octanol–water partition coefficient (Wildman–Crippen LogP) is -8.78. The van der Waals surface area contributed by atoms with Crippen molar-refractivity contribution >= 4 is 6.29 Å². The normalized spacial score (nSPS) is 40.0. The maximum absolute atomic E-state index is 9.94. The van der Waals surface area contributed by atoms with Crippen molar-refractivity contribution in [2.75, 3.05) is 19.8 Å². The molecule has 13 N–H and O–H groups in total. The monoisotopic (exact) mass is 578 g/mol.